The summed E-state index contributed by atoms with van der Waals surface area (Å²) in [7, 11) is 1.31. The Morgan fingerprint density at radius 3 is 2.61 bits per heavy atom. The van der Waals surface area contributed by atoms with E-state index >= 15 is 0 Å². The average Bonchev–Trinajstić information content (AvgIpc) is 2.82. The number of thioether (sulfide) groups is 1. The first-order chi connectivity index (χ1) is 15.1. The average molecular weight is 436 g/mol. The summed E-state index contributed by atoms with van der Waals surface area (Å²) in [5.41, 5.74) is 2.59. The molecule has 1 N–H and O–H groups in total. The molecule has 1 atom stereocenters. The molecule has 0 radical (unpaired) electrons. The molecule has 7 nitrogen and oxygen atoms in total. The first-order valence-corrected chi connectivity index (χ1v) is 10.6. The normalized spacial score (nSPS) is 15.7. The third-order valence-electron chi connectivity index (χ3n) is 4.59. The number of rotatable bonds is 7. The lowest BCUT2D eigenvalue weighted by Gasteiger charge is -2.30. The fourth-order valence-electron chi connectivity index (χ4n) is 3.23. The first-order valence-electron chi connectivity index (χ1n) is 9.58. The van der Waals surface area contributed by atoms with Gasteiger partial charge in [-0.25, -0.2) is 4.79 Å². The highest BCUT2D eigenvalue weighted by molar-refractivity contribution is 8.03. The molecule has 1 aliphatic rings. The van der Waals surface area contributed by atoms with E-state index in [0.717, 1.165) is 17.3 Å². The van der Waals surface area contributed by atoms with Gasteiger partial charge in [0.15, 0.2) is 0 Å². The Hall–Kier alpha value is -3.57. The lowest BCUT2D eigenvalue weighted by atomic mass is 9.82. The number of nitriles is 1. The highest BCUT2D eigenvalue weighted by atomic mass is 32.2. The number of hydrogen-bond donors (Lipinski definition) is 1. The smallest absolute Gasteiger partial charge is 0.337 e. The van der Waals surface area contributed by atoms with Gasteiger partial charge in [-0.3, -0.25) is 9.78 Å². The van der Waals surface area contributed by atoms with Crippen LogP contribution in [0, 0.1) is 11.3 Å². The summed E-state index contributed by atoms with van der Waals surface area (Å²) >= 11 is 1.15. The van der Waals surface area contributed by atoms with Crippen molar-refractivity contribution in [3.8, 4) is 6.07 Å². The molecule has 2 heterocycles. The van der Waals surface area contributed by atoms with E-state index in [2.05, 4.69) is 16.4 Å². The second-order valence-corrected chi connectivity index (χ2v) is 7.42. The second kappa shape index (κ2) is 10.5. The van der Waals surface area contributed by atoms with Crippen molar-refractivity contribution >= 4 is 29.4 Å². The van der Waals surface area contributed by atoms with Crippen molar-refractivity contribution in [3.63, 3.8) is 0 Å². The van der Waals surface area contributed by atoms with Gasteiger partial charge in [0, 0.05) is 12.4 Å². The van der Waals surface area contributed by atoms with E-state index < -0.39 is 17.9 Å². The van der Waals surface area contributed by atoms with E-state index in [-0.39, 0.29) is 12.4 Å². The van der Waals surface area contributed by atoms with Crippen molar-refractivity contribution in [1.29, 1.82) is 5.26 Å². The number of carbonyl (C=O) groups excluding carboxylic acids is 2. The molecule has 0 aliphatic carbocycles. The van der Waals surface area contributed by atoms with Crippen LogP contribution in [-0.4, -0.2) is 36.4 Å². The monoisotopic (exact) mass is 435 g/mol. The Balaban J connectivity index is 2.22. The maximum atomic E-state index is 13.1. The van der Waals surface area contributed by atoms with Gasteiger partial charge in [-0.15, -0.1) is 0 Å². The summed E-state index contributed by atoms with van der Waals surface area (Å²) in [6.45, 7) is 1.92. The van der Waals surface area contributed by atoms with Crippen molar-refractivity contribution in [2.75, 3.05) is 19.5 Å². The number of aromatic nitrogens is 1. The number of nitrogens with one attached hydrogen (secondary N) is 1. The minimum Gasteiger partial charge on any atom is -0.468 e. The van der Waals surface area contributed by atoms with Gasteiger partial charge < -0.3 is 14.8 Å². The van der Waals surface area contributed by atoms with Crippen molar-refractivity contribution in [2.45, 2.75) is 12.8 Å². The van der Waals surface area contributed by atoms with Gasteiger partial charge in [0.05, 0.1) is 53.3 Å². The minimum absolute atomic E-state index is 0.0145. The number of carbonyl (C=O) groups is 2. The maximum Gasteiger partial charge on any atom is 0.337 e. The topological polar surface area (TPSA) is 101 Å². The zero-order valence-corrected chi connectivity index (χ0v) is 17.9. The molecule has 0 bridgehead atoms. The molecule has 3 rings (SSSR count). The number of ether oxygens (including phenoxy) is 2. The van der Waals surface area contributed by atoms with Crippen molar-refractivity contribution in [3.05, 3.63) is 82.2 Å². The van der Waals surface area contributed by atoms with Gasteiger partial charge in [0.2, 0.25) is 0 Å². The summed E-state index contributed by atoms with van der Waals surface area (Å²) < 4.78 is 10.1. The SMILES string of the molecule is CCOC(=O)C1=C(c2ccccc2)NC(SCC(=O)OC)=C(C#N)[C@H]1c1cccnc1. The fourth-order valence-corrected chi connectivity index (χ4v) is 4.10. The van der Waals surface area contributed by atoms with Crippen LogP contribution in [0.3, 0.4) is 0 Å². The van der Waals surface area contributed by atoms with E-state index in [1.54, 1.807) is 25.4 Å². The Morgan fingerprint density at radius 2 is 2.00 bits per heavy atom. The number of esters is 2. The van der Waals surface area contributed by atoms with E-state index in [9.17, 15) is 14.9 Å². The number of benzene rings is 1. The number of allylic oxidation sites excluding steroid dienone is 1. The molecule has 158 valence electrons. The van der Waals surface area contributed by atoms with Crippen LogP contribution >= 0.6 is 11.8 Å². The van der Waals surface area contributed by atoms with E-state index in [1.807, 2.05) is 36.4 Å². The van der Waals surface area contributed by atoms with Crippen LogP contribution in [0.25, 0.3) is 5.70 Å². The molecule has 0 saturated heterocycles. The highest BCUT2D eigenvalue weighted by Crippen LogP contribution is 2.43. The first kappa shape index (κ1) is 22.1. The molecular formula is C23H21N3O4S. The quantitative estimate of drug-likeness (QED) is 0.661. The van der Waals surface area contributed by atoms with Crippen LogP contribution in [0.15, 0.2) is 71.0 Å². The summed E-state index contributed by atoms with van der Waals surface area (Å²) in [6, 6.07) is 15.1. The molecule has 1 aromatic carbocycles. The minimum atomic E-state index is -0.700. The summed E-state index contributed by atoms with van der Waals surface area (Å²) in [5.74, 6) is -1.63. The van der Waals surface area contributed by atoms with Crippen LogP contribution in [0.1, 0.15) is 24.0 Å². The third-order valence-corrected chi connectivity index (χ3v) is 5.58. The van der Waals surface area contributed by atoms with Gasteiger partial charge in [-0.05, 0) is 24.1 Å². The van der Waals surface area contributed by atoms with Crippen LogP contribution in [0.5, 0.6) is 0 Å². The molecular weight excluding hydrogens is 414 g/mol. The van der Waals surface area contributed by atoms with E-state index in [1.165, 1.54) is 7.11 Å². The molecule has 0 spiro atoms. The zero-order valence-electron chi connectivity index (χ0n) is 17.1. The molecule has 0 saturated carbocycles. The number of nitrogens with zero attached hydrogens (tertiary/aromatic N) is 2. The summed E-state index contributed by atoms with van der Waals surface area (Å²) in [5, 5.41) is 13.7. The Labute approximate surface area is 184 Å². The number of methoxy groups -OCH3 is 1. The number of hydrogen-bond acceptors (Lipinski definition) is 8. The standard InChI is InChI=1S/C23H21N3O4S/c1-3-30-23(28)20-19(16-10-7-11-25-13-16)17(12-24)22(31-14-18(27)29-2)26-21(20)15-8-5-4-6-9-15/h4-11,13,19,26H,3,14H2,1-2H3/t19-/m1/s1. The maximum absolute atomic E-state index is 13.1. The lowest BCUT2D eigenvalue weighted by Crippen LogP contribution is -2.29. The van der Waals surface area contributed by atoms with Crippen LogP contribution < -0.4 is 5.32 Å². The van der Waals surface area contributed by atoms with Crippen LogP contribution in [0.2, 0.25) is 0 Å². The Kier molecular flexibility index (Phi) is 7.46. The fraction of sp³-hybridized carbons (Fsp3) is 0.217. The molecule has 0 unspecified atom stereocenters. The molecule has 31 heavy (non-hydrogen) atoms. The van der Waals surface area contributed by atoms with Crippen LogP contribution in [0.4, 0.5) is 0 Å². The highest BCUT2D eigenvalue weighted by Gasteiger charge is 2.37. The van der Waals surface area contributed by atoms with Crippen molar-refractivity contribution < 1.29 is 19.1 Å². The van der Waals surface area contributed by atoms with E-state index in [4.69, 9.17) is 9.47 Å². The van der Waals surface area contributed by atoms with Gasteiger partial charge in [0.25, 0.3) is 0 Å². The second-order valence-electron chi connectivity index (χ2n) is 6.44. The lowest BCUT2D eigenvalue weighted by molar-refractivity contribution is -0.139. The molecule has 0 fully saturated rings. The van der Waals surface area contributed by atoms with E-state index in [0.29, 0.717) is 27.4 Å². The Morgan fingerprint density at radius 1 is 1.23 bits per heavy atom. The van der Waals surface area contributed by atoms with Crippen LogP contribution in [-0.2, 0) is 19.1 Å². The van der Waals surface area contributed by atoms with Gasteiger partial charge in [-0.1, -0.05) is 48.2 Å². The Bertz CT molecular complexity index is 1060. The zero-order chi connectivity index (χ0) is 22.2. The summed E-state index contributed by atoms with van der Waals surface area (Å²) in [4.78, 5) is 29.0. The largest absolute Gasteiger partial charge is 0.468 e. The van der Waals surface area contributed by atoms with Gasteiger partial charge in [-0.2, -0.15) is 5.26 Å². The third kappa shape index (κ3) is 4.95. The number of dihydropyridines is 1. The van der Waals surface area contributed by atoms with Crippen molar-refractivity contribution in [2.24, 2.45) is 0 Å². The molecule has 1 aromatic heterocycles. The van der Waals surface area contributed by atoms with Gasteiger partial charge >= 0.3 is 11.9 Å². The van der Waals surface area contributed by atoms with Gasteiger partial charge in [0.1, 0.15) is 0 Å². The predicted molar refractivity (Wildman–Crippen MR) is 117 cm³/mol. The molecule has 8 heteroatoms. The molecule has 1 aliphatic heterocycles. The molecule has 2 aromatic rings. The predicted octanol–water partition coefficient (Wildman–Crippen LogP) is 3.38. The summed E-state index contributed by atoms with van der Waals surface area (Å²) in [6.07, 6.45) is 3.25. The number of pyridine rings is 1. The molecule has 0 amide bonds. The van der Waals surface area contributed by atoms with Crippen molar-refractivity contribution in [1.82, 2.24) is 10.3 Å².